The summed E-state index contributed by atoms with van der Waals surface area (Å²) in [6.45, 7) is 20.5. The van der Waals surface area contributed by atoms with Gasteiger partial charge in [0.25, 0.3) is 0 Å². The summed E-state index contributed by atoms with van der Waals surface area (Å²) in [4.78, 5) is 11.9. The highest BCUT2D eigenvalue weighted by Gasteiger charge is 2.29. The lowest BCUT2D eigenvalue weighted by atomic mass is 9.72. The zero-order valence-electron chi connectivity index (χ0n) is 27.4. The van der Waals surface area contributed by atoms with E-state index in [1.165, 1.54) is 77.5 Å². The van der Waals surface area contributed by atoms with E-state index in [0.29, 0.717) is 0 Å². The van der Waals surface area contributed by atoms with Gasteiger partial charge in [0.05, 0.1) is 0 Å². The number of hydrogen-bond donors (Lipinski definition) is 0. The van der Waals surface area contributed by atoms with Crippen LogP contribution in [0.2, 0.25) is 0 Å². The summed E-state index contributed by atoms with van der Waals surface area (Å²) in [5.74, 6) is 0. The Hall–Kier alpha value is -2.93. The average Bonchev–Trinajstić information content (AvgIpc) is 2.88. The van der Waals surface area contributed by atoms with Crippen molar-refractivity contribution in [2.24, 2.45) is 16.2 Å². The van der Waals surface area contributed by atoms with E-state index in [1.807, 2.05) is 6.08 Å². The minimum absolute atomic E-state index is 0.249. The maximum absolute atomic E-state index is 11.9. The molecule has 0 radical (unpaired) electrons. The Kier molecular flexibility index (Phi) is 11.0. The third kappa shape index (κ3) is 8.78. The van der Waals surface area contributed by atoms with Crippen molar-refractivity contribution in [3.63, 3.8) is 0 Å². The summed E-state index contributed by atoms with van der Waals surface area (Å²) in [5.41, 5.74) is 10.7. The molecule has 0 heterocycles. The second kappa shape index (κ2) is 13.8. The van der Waals surface area contributed by atoms with Crippen molar-refractivity contribution in [3.05, 3.63) is 117 Å². The van der Waals surface area contributed by atoms with E-state index in [9.17, 15) is 4.79 Å². The largest absolute Gasteiger partial charge is 0.298 e. The van der Waals surface area contributed by atoms with E-state index in [1.54, 1.807) is 0 Å². The Morgan fingerprint density at radius 1 is 0.732 bits per heavy atom. The monoisotopic (exact) mass is 550 g/mol. The molecule has 0 amide bonds. The number of rotatable bonds is 9. The van der Waals surface area contributed by atoms with E-state index >= 15 is 0 Å². The molecule has 0 fully saturated rings. The Balaban J connectivity index is 1.68. The lowest BCUT2D eigenvalue weighted by Crippen LogP contribution is -2.20. The Bertz CT molecular complexity index is 1300. The maximum atomic E-state index is 11.9. The van der Waals surface area contributed by atoms with Gasteiger partial charge in [0.2, 0.25) is 0 Å². The third-order valence-electron chi connectivity index (χ3n) is 9.44. The number of carbonyl (C=O) groups is 1. The van der Waals surface area contributed by atoms with Gasteiger partial charge in [0, 0.05) is 11.0 Å². The SMILES string of the molecule is CC(C=CC1=C(C)CCCC1(C)C)=CC=CC1=CC=C(C=O)C(C)(C=CC(C)=CC=CC2=C(C)CCCC2(C)C)C1. The van der Waals surface area contributed by atoms with Gasteiger partial charge in [-0.3, -0.25) is 4.79 Å². The van der Waals surface area contributed by atoms with Gasteiger partial charge >= 0.3 is 0 Å². The number of aldehydes is 1. The summed E-state index contributed by atoms with van der Waals surface area (Å²) >= 11 is 0. The molecule has 0 aromatic heterocycles. The fraction of sp³-hybridized carbons (Fsp3) is 0.475. The van der Waals surface area contributed by atoms with Crippen molar-refractivity contribution in [1.29, 1.82) is 0 Å². The minimum atomic E-state index is -0.325. The first-order valence-electron chi connectivity index (χ1n) is 15.6. The molecule has 0 saturated carbocycles. The molecule has 1 atom stereocenters. The molecule has 0 spiro atoms. The first-order valence-corrected chi connectivity index (χ1v) is 15.6. The van der Waals surface area contributed by atoms with Crippen LogP contribution in [0.5, 0.6) is 0 Å². The van der Waals surface area contributed by atoms with Crippen LogP contribution in [-0.4, -0.2) is 6.29 Å². The zero-order chi connectivity index (χ0) is 30.3. The summed E-state index contributed by atoms with van der Waals surface area (Å²) < 4.78 is 0. The molecular formula is C40H54O. The first kappa shape index (κ1) is 32.6. The molecule has 0 N–H and O–H groups in total. The van der Waals surface area contributed by atoms with Crippen LogP contribution in [0, 0.1) is 16.2 Å². The molecule has 3 aliphatic rings. The van der Waals surface area contributed by atoms with Crippen LogP contribution < -0.4 is 0 Å². The van der Waals surface area contributed by atoms with Gasteiger partial charge < -0.3 is 0 Å². The predicted octanol–water partition coefficient (Wildman–Crippen LogP) is 11.6. The molecule has 0 aliphatic heterocycles. The molecular weight excluding hydrogens is 496 g/mol. The molecule has 41 heavy (non-hydrogen) atoms. The molecule has 220 valence electrons. The highest BCUT2D eigenvalue weighted by atomic mass is 16.1. The topological polar surface area (TPSA) is 17.1 Å². The van der Waals surface area contributed by atoms with Gasteiger partial charge in [-0.05, 0) is 100 Å². The van der Waals surface area contributed by atoms with Crippen molar-refractivity contribution in [1.82, 2.24) is 0 Å². The highest BCUT2D eigenvalue weighted by molar-refractivity contribution is 5.78. The van der Waals surface area contributed by atoms with E-state index in [2.05, 4.69) is 129 Å². The molecule has 0 saturated heterocycles. The fourth-order valence-electron chi connectivity index (χ4n) is 6.70. The van der Waals surface area contributed by atoms with Crippen molar-refractivity contribution < 1.29 is 4.79 Å². The van der Waals surface area contributed by atoms with Crippen LogP contribution in [0.15, 0.2) is 117 Å². The smallest absolute Gasteiger partial charge is 0.146 e. The van der Waals surface area contributed by atoms with E-state index in [-0.39, 0.29) is 16.2 Å². The summed E-state index contributed by atoms with van der Waals surface area (Å²) in [6, 6.07) is 0. The van der Waals surface area contributed by atoms with Gasteiger partial charge in [-0.1, -0.05) is 130 Å². The van der Waals surface area contributed by atoms with Crippen molar-refractivity contribution in [3.8, 4) is 0 Å². The molecule has 0 aromatic rings. The zero-order valence-corrected chi connectivity index (χ0v) is 27.4. The van der Waals surface area contributed by atoms with Crippen molar-refractivity contribution in [2.45, 2.75) is 107 Å². The molecule has 0 aromatic carbocycles. The van der Waals surface area contributed by atoms with Crippen LogP contribution in [0.3, 0.4) is 0 Å². The lowest BCUT2D eigenvalue weighted by molar-refractivity contribution is -0.105. The van der Waals surface area contributed by atoms with E-state index < -0.39 is 0 Å². The Morgan fingerprint density at radius 2 is 1.27 bits per heavy atom. The van der Waals surface area contributed by atoms with E-state index in [4.69, 9.17) is 0 Å². The summed E-state index contributed by atoms with van der Waals surface area (Å²) in [7, 11) is 0. The predicted molar refractivity (Wildman–Crippen MR) is 180 cm³/mol. The number of allylic oxidation sites excluding steroid dienone is 20. The quantitative estimate of drug-likeness (QED) is 0.206. The van der Waals surface area contributed by atoms with Crippen LogP contribution >= 0.6 is 0 Å². The molecule has 3 rings (SSSR count). The lowest BCUT2D eigenvalue weighted by Gasteiger charge is -2.32. The highest BCUT2D eigenvalue weighted by Crippen LogP contribution is 2.42. The van der Waals surface area contributed by atoms with Crippen molar-refractivity contribution >= 4 is 6.29 Å². The Labute approximate surface area is 251 Å². The van der Waals surface area contributed by atoms with Gasteiger partial charge in [-0.25, -0.2) is 0 Å². The molecule has 0 bridgehead atoms. The standard InChI is InChI=1S/C40H54O/c1-30(20-23-37-33(4)17-13-26-39(37,7)8)14-10-18-34-21-22-35(29-41)40(9,28-34)27-24-31(2)15-11-19-36-32(3)16-12-25-38(36,5)6/h10-11,14-15,18-24,27,29H,12-13,16-17,25-26,28H2,1-9H3. The van der Waals surface area contributed by atoms with Crippen LogP contribution in [0.4, 0.5) is 0 Å². The first-order chi connectivity index (χ1) is 19.3. The number of hydrogen-bond acceptors (Lipinski definition) is 1. The Morgan fingerprint density at radius 3 is 1.83 bits per heavy atom. The molecule has 1 unspecified atom stereocenters. The maximum Gasteiger partial charge on any atom is 0.146 e. The minimum Gasteiger partial charge on any atom is -0.298 e. The molecule has 1 nitrogen and oxygen atoms in total. The van der Waals surface area contributed by atoms with E-state index in [0.717, 1.165) is 18.3 Å². The van der Waals surface area contributed by atoms with Crippen molar-refractivity contribution in [2.75, 3.05) is 0 Å². The molecule has 3 aliphatic carbocycles. The normalized spacial score (nSPS) is 26.1. The second-order valence-corrected chi connectivity index (χ2v) is 14.1. The third-order valence-corrected chi connectivity index (χ3v) is 9.44. The second-order valence-electron chi connectivity index (χ2n) is 14.1. The van der Waals surface area contributed by atoms with Gasteiger partial charge in [0.15, 0.2) is 0 Å². The average molecular weight is 551 g/mol. The number of carbonyl (C=O) groups excluding carboxylic acids is 1. The fourth-order valence-corrected chi connectivity index (χ4v) is 6.70. The summed E-state index contributed by atoms with van der Waals surface area (Å²) in [6.07, 6.45) is 35.5. The van der Waals surface area contributed by atoms with Crippen LogP contribution in [-0.2, 0) is 4.79 Å². The van der Waals surface area contributed by atoms with Gasteiger partial charge in [-0.15, -0.1) is 0 Å². The van der Waals surface area contributed by atoms with Gasteiger partial charge in [-0.2, -0.15) is 0 Å². The van der Waals surface area contributed by atoms with Crippen LogP contribution in [0.1, 0.15) is 107 Å². The molecule has 1 heteroatoms. The van der Waals surface area contributed by atoms with Crippen LogP contribution in [0.25, 0.3) is 0 Å². The van der Waals surface area contributed by atoms with Gasteiger partial charge in [0.1, 0.15) is 6.29 Å². The summed E-state index contributed by atoms with van der Waals surface area (Å²) in [5, 5.41) is 0.